The van der Waals surface area contributed by atoms with E-state index in [0.717, 1.165) is 24.3 Å². The quantitative estimate of drug-likeness (QED) is 0.745. The molecule has 0 aliphatic heterocycles. The monoisotopic (exact) mass is 288 g/mol. The van der Waals surface area contributed by atoms with Crippen molar-refractivity contribution in [3.63, 3.8) is 0 Å². The summed E-state index contributed by atoms with van der Waals surface area (Å²) in [6.07, 6.45) is 1.73. The summed E-state index contributed by atoms with van der Waals surface area (Å²) in [5, 5.41) is 7.46. The molecule has 0 fully saturated rings. The lowest BCUT2D eigenvalue weighted by atomic mass is 10.1. The van der Waals surface area contributed by atoms with Gasteiger partial charge < -0.3 is 15.8 Å². The van der Waals surface area contributed by atoms with Crippen LogP contribution in [0.15, 0.2) is 30.5 Å². The number of nitrogens with zero attached hydrogens (tertiary/aromatic N) is 2. The molecule has 0 saturated heterocycles. The van der Waals surface area contributed by atoms with Gasteiger partial charge >= 0.3 is 0 Å². The Labute approximate surface area is 123 Å². The SMILES string of the molecule is COCCNCc1ccc(-n2ccc(C(N)=O)n2)cc1C. The lowest BCUT2D eigenvalue weighted by Gasteiger charge is -2.10. The fourth-order valence-electron chi connectivity index (χ4n) is 2.02. The van der Waals surface area contributed by atoms with Gasteiger partial charge in [-0.25, -0.2) is 4.68 Å². The van der Waals surface area contributed by atoms with Gasteiger partial charge in [-0.3, -0.25) is 4.79 Å². The third-order valence-electron chi connectivity index (χ3n) is 3.23. The molecule has 0 aliphatic rings. The summed E-state index contributed by atoms with van der Waals surface area (Å²) in [6, 6.07) is 7.66. The standard InChI is InChI=1S/C15H20N4O2/c1-11-9-13(19-7-5-14(18-19)15(16)20)4-3-12(11)10-17-6-8-21-2/h3-5,7,9,17H,6,8,10H2,1-2H3,(H2,16,20). The molecule has 0 spiro atoms. The van der Waals surface area contributed by atoms with Gasteiger partial charge in [-0.2, -0.15) is 5.10 Å². The van der Waals surface area contributed by atoms with E-state index in [1.54, 1.807) is 24.1 Å². The second-order valence-electron chi connectivity index (χ2n) is 4.79. The highest BCUT2D eigenvalue weighted by Crippen LogP contribution is 2.14. The molecule has 6 nitrogen and oxygen atoms in total. The number of aromatic nitrogens is 2. The molecule has 1 aromatic carbocycles. The maximum atomic E-state index is 11.1. The van der Waals surface area contributed by atoms with Crippen LogP contribution in [0.2, 0.25) is 0 Å². The lowest BCUT2D eigenvalue weighted by molar-refractivity contribution is 0.0995. The molecule has 0 bridgehead atoms. The topological polar surface area (TPSA) is 82.2 Å². The molecule has 1 aromatic heterocycles. The van der Waals surface area contributed by atoms with Crippen LogP contribution in [0, 0.1) is 6.92 Å². The lowest BCUT2D eigenvalue weighted by Crippen LogP contribution is -2.19. The molecule has 2 rings (SSSR count). The molecule has 1 heterocycles. The fraction of sp³-hybridized carbons (Fsp3) is 0.333. The number of carbonyl (C=O) groups excluding carboxylic acids is 1. The van der Waals surface area contributed by atoms with Gasteiger partial charge in [0.1, 0.15) is 5.69 Å². The maximum Gasteiger partial charge on any atom is 0.269 e. The van der Waals surface area contributed by atoms with Crippen molar-refractivity contribution >= 4 is 5.91 Å². The molecule has 21 heavy (non-hydrogen) atoms. The number of hydrogen-bond acceptors (Lipinski definition) is 4. The Balaban J connectivity index is 2.08. The zero-order chi connectivity index (χ0) is 15.2. The highest BCUT2D eigenvalue weighted by Gasteiger charge is 2.07. The molecule has 0 atom stereocenters. The van der Waals surface area contributed by atoms with Gasteiger partial charge in [0.15, 0.2) is 0 Å². The van der Waals surface area contributed by atoms with E-state index in [-0.39, 0.29) is 5.69 Å². The first kappa shape index (κ1) is 15.2. The van der Waals surface area contributed by atoms with Crippen molar-refractivity contribution in [2.24, 2.45) is 5.73 Å². The average Bonchev–Trinajstić information content (AvgIpc) is 2.95. The van der Waals surface area contributed by atoms with E-state index in [4.69, 9.17) is 10.5 Å². The molecule has 112 valence electrons. The smallest absolute Gasteiger partial charge is 0.269 e. The minimum absolute atomic E-state index is 0.262. The summed E-state index contributed by atoms with van der Waals surface area (Å²) in [5.41, 5.74) is 8.75. The van der Waals surface area contributed by atoms with Crippen molar-refractivity contribution in [1.29, 1.82) is 0 Å². The predicted octanol–water partition coefficient (Wildman–Crippen LogP) is 1.02. The molecular formula is C15H20N4O2. The highest BCUT2D eigenvalue weighted by molar-refractivity contribution is 5.90. The Bertz CT molecular complexity index is 622. The number of methoxy groups -OCH3 is 1. The molecular weight excluding hydrogens is 268 g/mol. The number of nitrogens with one attached hydrogen (secondary N) is 1. The van der Waals surface area contributed by atoms with E-state index >= 15 is 0 Å². The van der Waals surface area contributed by atoms with Gasteiger partial charge in [0.25, 0.3) is 5.91 Å². The number of ether oxygens (including phenoxy) is 1. The summed E-state index contributed by atoms with van der Waals surface area (Å²) in [6.45, 7) is 4.36. The van der Waals surface area contributed by atoms with Crippen molar-refractivity contribution in [2.45, 2.75) is 13.5 Å². The van der Waals surface area contributed by atoms with Gasteiger partial charge in [-0.05, 0) is 36.2 Å². The third-order valence-corrected chi connectivity index (χ3v) is 3.23. The minimum atomic E-state index is -0.524. The highest BCUT2D eigenvalue weighted by atomic mass is 16.5. The van der Waals surface area contributed by atoms with Crippen LogP contribution in [0.1, 0.15) is 21.6 Å². The molecule has 2 aromatic rings. The molecule has 0 aliphatic carbocycles. The maximum absolute atomic E-state index is 11.1. The number of carbonyl (C=O) groups is 1. The van der Waals surface area contributed by atoms with Crippen LogP contribution in [0.25, 0.3) is 5.69 Å². The van der Waals surface area contributed by atoms with Crippen LogP contribution >= 0.6 is 0 Å². The zero-order valence-electron chi connectivity index (χ0n) is 12.3. The molecule has 0 saturated carbocycles. The second kappa shape index (κ2) is 7.01. The van der Waals surface area contributed by atoms with Crippen LogP contribution < -0.4 is 11.1 Å². The van der Waals surface area contributed by atoms with Gasteiger partial charge in [-0.1, -0.05) is 6.07 Å². The van der Waals surface area contributed by atoms with E-state index in [0.29, 0.717) is 6.61 Å². The zero-order valence-corrected chi connectivity index (χ0v) is 12.3. The van der Waals surface area contributed by atoms with Gasteiger partial charge in [-0.15, -0.1) is 0 Å². The first-order valence-corrected chi connectivity index (χ1v) is 6.77. The second-order valence-corrected chi connectivity index (χ2v) is 4.79. The minimum Gasteiger partial charge on any atom is -0.383 e. The van der Waals surface area contributed by atoms with Crippen LogP contribution in [0.5, 0.6) is 0 Å². The summed E-state index contributed by atoms with van der Waals surface area (Å²) >= 11 is 0. The summed E-state index contributed by atoms with van der Waals surface area (Å²) in [4.78, 5) is 11.1. The van der Waals surface area contributed by atoms with Crippen molar-refractivity contribution in [3.05, 3.63) is 47.3 Å². The molecule has 0 unspecified atom stereocenters. The van der Waals surface area contributed by atoms with Crippen LogP contribution in [-0.2, 0) is 11.3 Å². The largest absolute Gasteiger partial charge is 0.383 e. The molecule has 0 radical (unpaired) electrons. The number of aryl methyl sites for hydroxylation is 1. The van der Waals surface area contributed by atoms with Crippen molar-refractivity contribution < 1.29 is 9.53 Å². The number of amides is 1. The normalized spacial score (nSPS) is 10.8. The van der Waals surface area contributed by atoms with Gasteiger partial charge in [0, 0.05) is 26.4 Å². The fourth-order valence-corrected chi connectivity index (χ4v) is 2.02. The van der Waals surface area contributed by atoms with Crippen LogP contribution in [0.4, 0.5) is 0 Å². The first-order valence-electron chi connectivity index (χ1n) is 6.77. The van der Waals surface area contributed by atoms with E-state index < -0.39 is 5.91 Å². The van der Waals surface area contributed by atoms with Crippen molar-refractivity contribution in [2.75, 3.05) is 20.3 Å². The van der Waals surface area contributed by atoms with Crippen LogP contribution in [0.3, 0.4) is 0 Å². The van der Waals surface area contributed by atoms with Crippen molar-refractivity contribution in [3.8, 4) is 5.69 Å². The molecule has 1 amide bonds. The molecule has 6 heteroatoms. The Hall–Kier alpha value is -2.18. The first-order chi connectivity index (χ1) is 10.1. The van der Waals surface area contributed by atoms with E-state index in [1.165, 1.54) is 5.56 Å². The van der Waals surface area contributed by atoms with Crippen molar-refractivity contribution in [1.82, 2.24) is 15.1 Å². The predicted molar refractivity (Wildman–Crippen MR) is 80.4 cm³/mol. The van der Waals surface area contributed by atoms with Gasteiger partial charge in [0.05, 0.1) is 12.3 Å². The Kier molecular flexibility index (Phi) is 5.08. The van der Waals surface area contributed by atoms with Crippen LogP contribution in [-0.4, -0.2) is 35.9 Å². The summed E-state index contributed by atoms with van der Waals surface area (Å²) in [5.74, 6) is -0.524. The third kappa shape index (κ3) is 3.90. The number of hydrogen-bond donors (Lipinski definition) is 2. The number of nitrogens with two attached hydrogens (primary N) is 1. The van der Waals surface area contributed by atoms with E-state index in [9.17, 15) is 4.79 Å². The van der Waals surface area contributed by atoms with E-state index in [1.807, 2.05) is 12.1 Å². The number of primary amides is 1. The Morgan fingerprint density at radius 3 is 2.86 bits per heavy atom. The number of rotatable bonds is 7. The Morgan fingerprint density at radius 2 is 2.24 bits per heavy atom. The van der Waals surface area contributed by atoms with Gasteiger partial charge in [0.2, 0.25) is 0 Å². The summed E-state index contributed by atoms with van der Waals surface area (Å²) < 4.78 is 6.64. The summed E-state index contributed by atoms with van der Waals surface area (Å²) in [7, 11) is 1.69. The average molecular weight is 288 g/mol. The Morgan fingerprint density at radius 1 is 1.43 bits per heavy atom. The molecule has 3 N–H and O–H groups in total. The van der Waals surface area contributed by atoms with E-state index in [2.05, 4.69) is 23.4 Å². The number of benzene rings is 1.